The summed E-state index contributed by atoms with van der Waals surface area (Å²) in [6, 6.07) is 12.4. The summed E-state index contributed by atoms with van der Waals surface area (Å²) in [5, 5.41) is 0. The zero-order valence-corrected chi connectivity index (χ0v) is 11.3. The molecule has 2 aromatic rings. The maximum absolute atomic E-state index is 5.59. The number of rotatable bonds is 6. The van der Waals surface area contributed by atoms with Gasteiger partial charge in [-0.25, -0.2) is 9.97 Å². The fourth-order valence-electron chi connectivity index (χ4n) is 1.95. The van der Waals surface area contributed by atoms with Gasteiger partial charge in [0, 0.05) is 26.3 Å². The normalized spacial score (nSPS) is 10.4. The van der Waals surface area contributed by atoms with Crippen LogP contribution in [0, 0.1) is 0 Å². The van der Waals surface area contributed by atoms with Crippen molar-refractivity contribution in [2.75, 3.05) is 18.5 Å². The van der Waals surface area contributed by atoms with Gasteiger partial charge in [0.05, 0.1) is 5.69 Å². The minimum atomic E-state index is 0.452. The molecule has 0 spiro atoms. The summed E-state index contributed by atoms with van der Waals surface area (Å²) < 4.78 is 0. The Morgan fingerprint density at radius 1 is 1.16 bits per heavy atom. The van der Waals surface area contributed by atoms with E-state index in [2.05, 4.69) is 39.1 Å². The fourth-order valence-corrected chi connectivity index (χ4v) is 1.95. The summed E-state index contributed by atoms with van der Waals surface area (Å²) in [7, 11) is 2.01. The van der Waals surface area contributed by atoms with Gasteiger partial charge < -0.3 is 10.6 Å². The molecular weight excluding hydrogens is 236 g/mol. The van der Waals surface area contributed by atoms with Crippen molar-refractivity contribution >= 4 is 5.95 Å². The number of hydrogen-bond acceptors (Lipinski definition) is 4. The molecule has 0 bridgehead atoms. The molecule has 4 heteroatoms. The van der Waals surface area contributed by atoms with Gasteiger partial charge in [-0.2, -0.15) is 0 Å². The molecule has 0 unspecified atom stereocenters. The molecule has 1 aromatic carbocycles. The van der Waals surface area contributed by atoms with Crippen molar-refractivity contribution in [1.29, 1.82) is 0 Å². The lowest BCUT2D eigenvalue weighted by molar-refractivity contribution is 0.761. The van der Waals surface area contributed by atoms with Crippen LogP contribution in [0.4, 0.5) is 5.95 Å². The highest BCUT2D eigenvalue weighted by Crippen LogP contribution is 2.08. The number of hydrogen-bond donors (Lipinski definition) is 1. The predicted octanol–water partition coefficient (Wildman–Crippen LogP) is 2.00. The largest absolute Gasteiger partial charge is 0.344 e. The number of aromatic nitrogens is 2. The summed E-state index contributed by atoms with van der Waals surface area (Å²) in [5.74, 6) is 0.746. The Kier molecular flexibility index (Phi) is 4.86. The minimum Gasteiger partial charge on any atom is -0.344 e. The Balaban J connectivity index is 1.85. The molecule has 0 atom stereocenters. The number of benzene rings is 1. The first-order chi connectivity index (χ1) is 9.29. The smallest absolute Gasteiger partial charge is 0.225 e. The van der Waals surface area contributed by atoms with Crippen LogP contribution in [-0.4, -0.2) is 23.6 Å². The third kappa shape index (κ3) is 4.03. The molecular formula is C15H20N4. The molecule has 4 nitrogen and oxygen atoms in total. The van der Waals surface area contributed by atoms with Gasteiger partial charge in [0.1, 0.15) is 0 Å². The number of nitrogens with two attached hydrogens (primary N) is 1. The fraction of sp³-hybridized carbons (Fsp3) is 0.333. The number of anilines is 1. The van der Waals surface area contributed by atoms with Gasteiger partial charge in [-0.05, 0) is 24.5 Å². The van der Waals surface area contributed by atoms with Crippen LogP contribution >= 0.6 is 0 Å². The maximum atomic E-state index is 5.59. The van der Waals surface area contributed by atoms with Crippen molar-refractivity contribution < 1.29 is 0 Å². The first-order valence-corrected chi connectivity index (χ1v) is 6.56. The quantitative estimate of drug-likeness (QED) is 0.859. The van der Waals surface area contributed by atoms with E-state index in [-0.39, 0.29) is 0 Å². The Labute approximate surface area is 114 Å². The Hall–Kier alpha value is -1.94. The molecule has 1 heterocycles. The summed E-state index contributed by atoms with van der Waals surface area (Å²) in [6.07, 6.45) is 3.91. The SMILES string of the molecule is CN(CCCc1ccccc1)c1nccc(CN)n1. The minimum absolute atomic E-state index is 0.452. The van der Waals surface area contributed by atoms with E-state index in [1.165, 1.54) is 5.56 Å². The molecule has 0 saturated carbocycles. The zero-order valence-electron chi connectivity index (χ0n) is 11.3. The van der Waals surface area contributed by atoms with E-state index >= 15 is 0 Å². The van der Waals surface area contributed by atoms with Gasteiger partial charge in [-0.1, -0.05) is 30.3 Å². The van der Waals surface area contributed by atoms with Crippen molar-refractivity contribution in [3.05, 3.63) is 53.9 Å². The molecule has 2 rings (SSSR count). The molecule has 0 aliphatic carbocycles. The molecule has 0 aliphatic rings. The lowest BCUT2D eigenvalue weighted by Gasteiger charge is -2.17. The van der Waals surface area contributed by atoms with E-state index in [4.69, 9.17) is 5.73 Å². The van der Waals surface area contributed by atoms with Crippen LogP contribution in [0.2, 0.25) is 0 Å². The monoisotopic (exact) mass is 256 g/mol. The average molecular weight is 256 g/mol. The predicted molar refractivity (Wildman–Crippen MR) is 78.0 cm³/mol. The molecule has 100 valence electrons. The lowest BCUT2D eigenvalue weighted by Crippen LogP contribution is -2.22. The van der Waals surface area contributed by atoms with Gasteiger partial charge in [-0.15, -0.1) is 0 Å². The summed E-state index contributed by atoms with van der Waals surface area (Å²) in [6.45, 7) is 1.39. The van der Waals surface area contributed by atoms with Gasteiger partial charge >= 0.3 is 0 Å². The highest BCUT2D eigenvalue weighted by atomic mass is 15.2. The van der Waals surface area contributed by atoms with E-state index in [0.717, 1.165) is 31.0 Å². The van der Waals surface area contributed by atoms with Crippen LogP contribution in [0.5, 0.6) is 0 Å². The first kappa shape index (κ1) is 13.5. The van der Waals surface area contributed by atoms with E-state index in [0.29, 0.717) is 6.54 Å². The van der Waals surface area contributed by atoms with E-state index in [1.54, 1.807) is 6.20 Å². The molecule has 0 aliphatic heterocycles. The van der Waals surface area contributed by atoms with Gasteiger partial charge in [0.25, 0.3) is 0 Å². The van der Waals surface area contributed by atoms with E-state index in [1.807, 2.05) is 19.2 Å². The average Bonchev–Trinajstić information content (AvgIpc) is 2.48. The van der Waals surface area contributed by atoms with Gasteiger partial charge in [-0.3, -0.25) is 0 Å². The molecule has 0 amide bonds. The zero-order chi connectivity index (χ0) is 13.5. The van der Waals surface area contributed by atoms with E-state index in [9.17, 15) is 0 Å². The first-order valence-electron chi connectivity index (χ1n) is 6.56. The lowest BCUT2D eigenvalue weighted by atomic mass is 10.1. The highest BCUT2D eigenvalue weighted by Gasteiger charge is 2.04. The molecule has 1 aromatic heterocycles. The number of aryl methyl sites for hydroxylation is 1. The standard InChI is InChI=1S/C15H20N4/c1-19(15-17-10-9-14(12-16)18-15)11-5-8-13-6-3-2-4-7-13/h2-4,6-7,9-10H,5,8,11-12,16H2,1H3. The Bertz CT molecular complexity index is 499. The van der Waals surface area contributed by atoms with Crippen molar-refractivity contribution in [2.24, 2.45) is 5.73 Å². The van der Waals surface area contributed by atoms with Crippen LogP contribution in [0.3, 0.4) is 0 Å². The Morgan fingerprint density at radius 2 is 1.95 bits per heavy atom. The van der Waals surface area contributed by atoms with Crippen LogP contribution in [0.15, 0.2) is 42.6 Å². The van der Waals surface area contributed by atoms with Crippen LogP contribution < -0.4 is 10.6 Å². The van der Waals surface area contributed by atoms with Crippen molar-refractivity contribution in [3.63, 3.8) is 0 Å². The van der Waals surface area contributed by atoms with Crippen molar-refractivity contribution in [1.82, 2.24) is 9.97 Å². The Morgan fingerprint density at radius 3 is 2.68 bits per heavy atom. The topological polar surface area (TPSA) is 55.0 Å². The maximum Gasteiger partial charge on any atom is 0.225 e. The molecule has 2 N–H and O–H groups in total. The third-order valence-corrected chi connectivity index (χ3v) is 3.05. The summed E-state index contributed by atoms with van der Waals surface area (Å²) in [4.78, 5) is 10.8. The van der Waals surface area contributed by atoms with Gasteiger partial charge in [0.15, 0.2) is 0 Å². The van der Waals surface area contributed by atoms with Gasteiger partial charge in [0.2, 0.25) is 5.95 Å². The molecule has 19 heavy (non-hydrogen) atoms. The third-order valence-electron chi connectivity index (χ3n) is 3.05. The highest BCUT2D eigenvalue weighted by molar-refractivity contribution is 5.28. The van der Waals surface area contributed by atoms with Crippen LogP contribution in [0.1, 0.15) is 17.7 Å². The second-order valence-electron chi connectivity index (χ2n) is 4.56. The summed E-state index contributed by atoms with van der Waals surface area (Å²) in [5.41, 5.74) is 7.83. The van der Waals surface area contributed by atoms with Crippen LogP contribution in [0.25, 0.3) is 0 Å². The molecule has 0 fully saturated rings. The molecule has 0 radical (unpaired) electrons. The van der Waals surface area contributed by atoms with Crippen molar-refractivity contribution in [3.8, 4) is 0 Å². The molecule has 0 saturated heterocycles. The second kappa shape index (κ2) is 6.85. The summed E-state index contributed by atoms with van der Waals surface area (Å²) >= 11 is 0. The van der Waals surface area contributed by atoms with Crippen molar-refractivity contribution in [2.45, 2.75) is 19.4 Å². The second-order valence-corrected chi connectivity index (χ2v) is 4.56. The van der Waals surface area contributed by atoms with E-state index < -0.39 is 0 Å². The van der Waals surface area contributed by atoms with Crippen LogP contribution in [-0.2, 0) is 13.0 Å². The number of nitrogens with zero attached hydrogens (tertiary/aromatic N) is 3.